The van der Waals surface area contributed by atoms with Crippen LogP contribution in [-0.4, -0.2) is 5.84 Å². The van der Waals surface area contributed by atoms with Gasteiger partial charge in [-0.15, -0.1) is 0 Å². The van der Waals surface area contributed by atoms with Gasteiger partial charge in [-0.1, -0.05) is 164 Å². The number of nitrogens with zero attached hydrogens (tertiary/aromatic N) is 1. The van der Waals surface area contributed by atoms with Gasteiger partial charge in [0.15, 0.2) is 0 Å². The van der Waals surface area contributed by atoms with E-state index in [2.05, 4.69) is 199 Å². The van der Waals surface area contributed by atoms with E-state index in [9.17, 15) is 0 Å². The van der Waals surface area contributed by atoms with Crippen LogP contribution in [0.1, 0.15) is 29.0 Å². The molecule has 2 atom stereocenters. The Hall–Kier alpha value is -7.99. The van der Waals surface area contributed by atoms with Gasteiger partial charge in [0.05, 0.1) is 0 Å². The van der Waals surface area contributed by atoms with Crippen molar-refractivity contribution in [3.8, 4) is 22.3 Å². The van der Waals surface area contributed by atoms with E-state index in [-0.39, 0.29) is 12.3 Å². The van der Waals surface area contributed by atoms with Crippen LogP contribution in [0.3, 0.4) is 0 Å². The standard InChI is InChI=1S/C57H37N3O2/c1-2-14-36-32-38(27-26-34(36)12-1)55-58-56(60-57(59-55)48-22-11-25-51-54(48)46-19-7-8-23-49(46)61-51)45-31-30-43(41-17-5-6-18-42(41)45)44-21-10-24-50-53(44)47-29-28-37(33-52(47)62-50)40-20-9-15-35-13-3-4-16-39(35)40/h1-33,56-57,60H,(H,58,59). The first-order chi connectivity index (χ1) is 30.7. The number of rotatable bonds is 5. The molecule has 13 rings (SSSR count). The molecule has 0 amide bonds. The summed E-state index contributed by atoms with van der Waals surface area (Å²) >= 11 is 0. The Labute approximate surface area is 356 Å². The molecule has 0 bridgehead atoms. The molecule has 292 valence electrons. The molecule has 0 saturated carbocycles. The number of hydrogen-bond donors (Lipinski definition) is 2. The summed E-state index contributed by atoms with van der Waals surface area (Å²) in [6, 6.07) is 71.0. The first-order valence-corrected chi connectivity index (χ1v) is 21.2. The zero-order chi connectivity index (χ0) is 40.7. The second kappa shape index (κ2) is 13.8. The molecule has 12 aromatic rings. The predicted octanol–water partition coefficient (Wildman–Crippen LogP) is 14.6. The number of nitrogens with one attached hydrogen (secondary N) is 2. The molecule has 2 N–H and O–H groups in total. The van der Waals surface area contributed by atoms with Gasteiger partial charge in [-0.05, 0) is 96.5 Å². The molecular formula is C57H37N3O2. The third kappa shape index (κ3) is 5.49. The average Bonchev–Trinajstić information content (AvgIpc) is 3.91. The Kier molecular flexibility index (Phi) is 7.74. The molecule has 1 aliphatic rings. The predicted molar refractivity (Wildman–Crippen MR) is 256 cm³/mol. The topological polar surface area (TPSA) is 62.7 Å². The maximum Gasteiger partial charge on any atom is 0.136 e. The first-order valence-electron chi connectivity index (χ1n) is 21.2. The minimum Gasteiger partial charge on any atom is -0.456 e. The summed E-state index contributed by atoms with van der Waals surface area (Å²) in [4.78, 5) is 5.48. The zero-order valence-electron chi connectivity index (χ0n) is 33.5. The summed E-state index contributed by atoms with van der Waals surface area (Å²) in [6.45, 7) is 0. The lowest BCUT2D eigenvalue weighted by molar-refractivity contribution is 0.412. The number of aliphatic imine (C=N–C) groups is 1. The second-order valence-corrected chi connectivity index (χ2v) is 16.3. The van der Waals surface area contributed by atoms with Crippen LogP contribution >= 0.6 is 0 Å². The van der Waals surface area contributed by atoms with Gasteiger partial charge >= 0.3 is 0 Å². The number of amidine groups is 1. The third-order valence-corrected chi connectivity index (χ3v) is 12.8. The number of para-hydroxylation sites is 1. The SMILES string of the molecule is c1ccc2cc(C3=NC(c4ccc(-c5cccc6oc7cc(-c8cccc9ccccc89)ccc7c56)c5ccccc45)NC(c4cccc5oc6ccccc6c45)N3)ccc2c1. The Morgan fingerprint density at radius 3 is 1.92 bits per heavy atom. The molecule has 2 unspecified atom stereocenters. The van der Waals surface area contributed by atoms with Crippen molar-refractivity contribution < 1.29 is 8.83 Å². The number of fused-ring (bicyclic) bond motifs is 9. The molecule has 0 saturated heterocycles. The van der Waals surface area contributed by atoms with E-state index in [4.69, 9.17) is 13.8 Å². The summed E-state index contributed by atoms with van der Waals surface area (Å²) in [6.07, 6.45) is -0.639. The molecule has 3 heterocycles. The molecule has 5 nitrogen and oxygen atoms in total. The fourth-order valence-electron chi connectivity index (χ4n) is 9.89. The molecular weight excluding hydrogens is 759 g/mol. The smallest absolute Gasteiger partial charge is 0.136 e. The Morgan fingerprint density at radius 1 is 0.371 bits per heavy atom. The fraction of sp³-hybridized carbons (Fsp3) is 0.0351. The van der Waals surface area contributed by atoms with Crippen molar-refractivity contribution in [2.45, 2.75) is 12.3 Å². The summed E-state index contributed by atoms with van der Waals surface area (Å²) < 4.78 is 13.0. The van der Waals surface area contributed by atoms with E-state index in [1.807, 2.05) is 12.1 Å². The van der Waals surface area contributed by atoms with Crippen molar-refractivity contribution >= 4 is 82.0 Å². The van der Waals surface area contributed by atoms with Crippen molar-refractivity contribution in [2.24, 2.45) is 4.99 Å². The number of furan rings is 2. The van der Waals surface area contributed by atoms with Crippen LogP contribution in [0.2, 0.25) is 0 Å². The molecule has 1 aliphatic heterocycles. The van der Waals surface area contributed by atoms with Crippen LogP contribution in [-0.2, 0) is 0 Å². The van der Waals surface area contributed by atoms with Crippen LogP contribution in [0.15, 0.2) is 214 Å². The van der Waals surface area contributed by atoms with Gasteiger partial charge in [0, 0.05) is 32.7 Å². The quantitative estimate of drug-likeness (QED) is 0.182. The van der Waals surface area contributed by atoms with E-state index < -0.39 is 0 Å². The van der Waals surface area contributed by atoms with Gasteiger partial charge in [0.1, 0.15) is 40.5 Å². The van der Waals surface area contributed by atoms with E-state index in [1.165, 1.54) is 27.1 Å². The van der Waals surface area contributed by atoms with Gasteiger partial charge in [-0.3, -0.25) is 5.32 Å². The lowest BCUT2D eigenvalue weighted by Gasteiger charge is -2.33. The van der Waals surface area contributed by atoms with E-state index in [0.717, 1.165) is 93.9 Å². The minimum atomic E-state index is -0.367. The average molecular weight is 796 g/mol. The van der Waals surface area contributed by atoms with Crippen molar-refractivity contribution in [1.29, 1.82) is 0 Å². The summed E-state index contributed by atoms with van der Waals surface area (Å²) in [7, 11) is 0. The molecule has 5 heteroatoms. The van der Waals surface area contributed by atoms with Crippen LogP contribution in [0.4, 0.5) is 0 Å². The maximum absolute atomic E-state index is 6.66. The molecule has 2 aromatic heterocycles. The van der Waals surface area contributed by atoms with Crippen molar-refractivity contribution in [2.75, 3.05) is 0 Å². The van der Waals surface area contributed by atoms with Gasteiger partial charge in [0.2, 0.25) is 0 Å². The Morgan fingerprint density at radius 2 is 1.02 bits per heavy atom. The van der Waals surface area contributed by atoms with E-state index in [0.29, 0.717) is 0 Å². The Bertz CT molecular complexity index is 3790. The summed E-state index contributed by atoms with van der Waals surface area (Å²) in [5, 5.41) is 19.3. The van der Waals surface area contributed by atoms with Gasteiger partial charge in [-0.25, -0.2) is 4.99 Å². The second-order valence-electron chi connectivity index (χ2n) is 16.3. The molecule has 10 aromatic carbocycles. The highest BCUT2D eigenvalue weighted by Crippen LogP contribution is 2.43. The minimum absolute atomic E-state index is 0.271. The highest BCUT2D eigenvalue weighted by atomic mass is 16.3. The van der Waals surface area contributed by atoms with Gasteiger partial charge in [0.25, 0.3) is 0 Å². The third-order valence-electron chi connectivity index (χ3n) is 12.8. The van der Waals surface area contributed by atoms with Crippen molar-refractivity contribution in [1.82, 2.24) is 10.6 Å². The number of benzene rings is 10. The summed E-state index contributed by atoms with van der Waals surface area (Å²) in [5.41, 5.74) is 11.3. The molecule has 62 heavy (non-hydrogen) atoms. The molecule has 0 spiro atoms. The van der Waals surface area contributed by atoms with E-state index in [1.54, 1.807) is 0 Å². The van der Waals surface area contributed by atoms with Crippen LogP contribution < -0.4 is 10.6 Å². The normalized spacial score (nSPS) is 15.6. The Balaban J connectivity index is 0.959. The first kappa shape index (κ1) is 34.8. The number of hydrogen-bond acceptors (Lipinski definition) is 5. The van der Waals surface area contributed by atoms with Crippen LogP contribution in [0, 0.1) is 0 Å². The highest BCUT2D eigenvalue weighted by molar-refractivity contribution is 6.16. The van der Waals surface area contributed by atoms with Gasteiger partial charge < -0.3 is 14.2 Å². The van der Waals surface area contributed by atoms with E-state index >= 15 is 0 Å². The van der Waals surface area contributed by atoms with Crippen molar-refractivity contribution in [3.63, 3.8) is 0 Å². The molecule has 0 radical (unpaired) electrons. The molecule has 0 aliphatic carbocycles. The maximum atomic E-state index is 6.66. The zero-order valence-corrected chi connectivity index (χ0v) is 33.5. The lowest BCUT2D eigenvalue weighted by Crippen LogP contribution is -2.45. The highest BCUT2D eigenvalue weighted by Gasteiger charge is 2.29. The molecule has 0 fully saturated rings. The fourth-order valence-corrected chi connectivity index (χ4v) is 9.89. The monoisotopic (exact) mass is 795 g/mol. The van der Waals surface area contributed by atoms with Crippen LogP contribution in [0.25, 0.3) is 98.4 Å². The lowest BCUT2D eigenvalue weighted by atomic mass is 9.91. The van der Waals surface area contributed by atoms with Crippen molar-refractivity contribution in [3.05, 3.63) is 217 Å². The van der Waals surface area contributed by atoms with Crippen LogP contribution in [0.5, 0.6) is 0 Å². The largest absolute Gasteiger partial charge is 0.456 e. The van der Waals surface area contributed by atoms with Gasteiger partial charge in [-0.2, -0.15) is 0 Å². The summed E-state index contributed by atoms with van der Waals surface area (Å²) in [5.74, 6) is 0.833.